The van der Waals surface area contributed by atoms with Gasteiger partial charge in [0.05, 0.1) is 5.60 Å². The number of hydrogen-bond donors (Lipinski definition) is 3. The maximum atomic E-state index is 10.7. The van der Waals surface area contributed by atoms with E-state index in [9.17, 15) is 10.2 Å². The van der Waals surface area contributed by atoms with E-state index in [-0.39, 0.29) is 11.7 Å². The molecule has 1 aliphatic carbocycles. The largest absolute Gasteiger partial charge is 0.508 e. The molecule has 0 aromatic heterocycles. The van der Waals surface area contributed by atoms with Crippen LogP contribution in [0.1, 0.15) is 43.6 Å². The van der Waals surface area contributed by atoms with Gasteiger partial charge in [0.1, 0.15) is 5.75 Å². The average Bonchev–Trinajstić information content (AvgIpc) is 2.33. The highest BCUT2D eigenvalue weighted by atomic mass is 16.3. The van der Waals surface area contributed by atoms with Gasteiger partial charge in [0.15, 0.2) is 0 Å². The van der Waals surface area contributed by atoms with Crippen molar-refractivity contribution in [1.29, 1.82) is 0 Å². The molecule has 1 fully saturated rings. The maximum Gasteiger partial charge on any atom is 0.115 e. The van der Waals surface area contributed by atoms with Crippen LogP contribution in [0.3, 0.4) is 0 Å². The van der Waals surface area contributed by atoms with E-state index < -0.39 is 5.60 Å². The van der Waals surface area contributed by atoms with Crippen molar-refractivity contribution < 1.29 is 10.2 Å². The van der Waals surface area contributed by atoms with Gasteiger partial charge in [-0.05, 0) is 30.5 Å². The molecule has 0 aliphatic heterocycles. The molecule has 94 valence electrons. The second-order valence-electron chi connectivity index (χ2n) is 5.04. The molecule has 17 heavy (non-hydrogen) atoms. The number of aromatic hydroxyl groups is 1. The highest BCUT2D eigenvalue weighted by molar-refractivity contribution is 5.30. The lowest BCUT2D eigenvalue weighted by molar-refractivity contribution is -0.0194. The summed E-state index contributed by atoms with van der Waals surface area (Å²) >= 11 is 0. The van der Waals surface area contributed by atoms with Gasteiger partial charge in [0.2, 0.25) is 0 Å². The van der Waals surface area contributed by atoms with Crippen molar-refractivity contribution in [3.05, 3.63) is 29.8 Å². The van der Waals surface area contributed by atoms with Gasteiger partial charge in [-0.3, -0.25) is 0 Å². The molecule has 3 nitrogen and oxygen atoms in total. The molecular weight excluding hydrogens is 214 g/mol. The quantitative estimate of drug-likeness (QED) is 0.752. The van der Waals surface area contributed by atoms with Crippen molar-refractivity contribution in [2.45, 2.75) is 43.6 Å². The summed E-state index contributed by atoms with van der Waals surface area (Å²) in [5.41, 5.74) is 6.20. The van der Waals surface area contributed by atoms with E-state index in [0.717, 1.165) is 31.2 Å². The summed E-state index contributed by atoms with van der Waals surface area (Å²) in [7, 11) is 0. The maximum absolute atomic E-state index is 10.7. The molecule has 0 radical (unpaired) electrons. The normalized spacial score (nSPS) is 21.1. The summed E-state index contributed by atoms with van der Waals surface area (Å²) < 4.78 is 0. The third-order valence-corrected chi connectivity index (χ3v) is 3.90. The molecule has 0 bridgehead atoms. The first kappa shape index (κ1) is 12.4. The molecule has 3 heteroatoms. The first-order valence-corrected chi connectivity index (χ1v) is 6.37. The number of hydrogen-bond acceptors (Lipinski definition) is 3. The lowest BCUT2D eigenvalue weighted by atomic mass is 9.73. The lowest BCUT2D eigenvalue weighted by Crippen LogP contribution is -2.41. The van der Waals surface area contributed by atoms with Gasteiger partial charge >= 0.3 is 0 Å². The van der Waals surface area contributed by atoms with Crippen molar-refractivity contribution in [2.75, 3.05) is 6.54 Å². The summed E-state index contributed by atoms with van der Waals surface area (Å²) in [4.78, 5) is 0. The molecule has 0 amide bonds. The fourth-order valence-electron chi connectivity index (χ4n) is 2.88. The van der Waals surface area contributed by atoms with Gasteiger partial charge in [-0.2, -0.15) is 0 Å². The van der Waals surface area contributed by atoms with Crippen molar-refractivity contribution >= 4 is 0 Å². The smallest absolute Gasteiger partial charge is 0.115 e. The van der Waals surface area contributed by atoms with E-state index in [1.165, 1.54) is 6.42 Å². The van der Waals surface area contributed by atoms with Gasteiger partial charge < -0.3 is 15.9 Å². The summed E-state index contributed by atoms with van der Waals surface area (Å²) in [5.74, 6) is 0.226. The first-order chi connectivity index (χ1) is 8.15. The third-order valence-electron chi connectivity index (χ3n) is 3.90. The van der Waals surface area contributed by atoms with Crippen LogP contribution in [0.2, 0.25) is 0 Å². The average molecular weight is 235 g/mol. The molecule has 1 aliphatic rings. The molecule has 1 aromatic rings. The summed E-state index contributed by atoms with van der Waals surface area (Å²) in [6.07, 6.45) is 5.01. The Labute approximate surface area is 102 Å². The second-order valence-corrected chi connectivity index (χ2v) is 5.04. The molecule has 1 atom stereocenters. The Bertz CT molecular complexity index is 355. The Morgan fingerprint density at radius 1 is 1.12 bits per heavy atom. The van der Waals surface area contributed by atoms with Crippen LogP contribution in [0.15, 0.2) is 24.3 Å². The molecule has 0 saturated heterocycles. The molecular formula is C14H21NO2. The van der Waals surface area contributed by atoms with Gasteiger partial charge in [0.25, 0.3) is 0 Å². The Morgan fingerprint density at radius 2 is 1.71 bits per heavy atom. The van der Waals surface area contributed by atoms with Crippen LogP contribution in [0.4, 0.5) is 0 Å². The lowest BCUT2D eigenvalue weighted by Gasteiger charge is -2.39. The van der Waals surface area contributed by atoms with E-state index >= 15 is 0 Å². The number of phenols is 1. The number of nitrogens with two attached hydrogens (primary N) is 1. The Hall–Kier alpha value is -1.06. The van der Waals surface area contributed by atoms with Gasteiger partial charge in [-0.15, -0.1) is 0 Å². The fraction of sp³-hybridized carbons (Fsp3) is 0.571. The van der Waals surface area contributed by atoms with Crippen LogP contribution in [-0.4, -0.2) is 22.4 Å². The highest BCUT2D eigenvalue weighted by Gasteiger charge is 2.37. The Morgan fingerprint density at radius 3 is 2.24 bits per heavy atom. The van der Waals surface area contributed by atoms with Gasteiger partial charge in [-0.1, -0.05) is 31.4 Å². The molecule has 4 N–H and O–H groups in total. The topological polar surface area (TPSA) is 66.5 Å². The molecule has 1 saturated carbocycles. The molecule has 0 heterocycles. The van der Waals surface area contributed by atoms with Crippen LogP contribution in [0.5, 0.6) is 5.75 Å². The van der Waals surface area contributed by atoms with Crippen LogP contribution >= 0.6 is 0 Å². The van der Waals surface area contributed by atoms with E-state index in [0.29, 0.717) is 6.54 Å². The van der Waals surface area contributed by atoms with Crippen LogP contribution < -0.4 is 5.73 Å². The van der Waals surface area contributed by atoms with Gasteiger partial charge in [0, 0.05) is 12.5 Å². The Kier molecular flexibility index (Phi) is 3.69. The number of aliphatic hydroxyl groups is 1. The van der Waals surface area contributed by atoms with Gasteiger partial charge in [-0.25, -0.2) is 0 Å². The predicted molar refractivity (Wildman–Crippen MR) is 67.9 cm³/mol. The minimum Gasteiger partial charge on any atom is -0.508 e. The zero-order chi connectivity index (χ0) is 12.3. The van der Waals surface area contributed by atoms with E-state index in [2.05, 4.69) is 0 Å². The SMILES string of the molecule is NC[C@H](c1ccc(O)cc1)C1(O)CCCCC1. The monoisotopic (exact) mass is 235 g/mol. The van der Waals surface area contributed by atoms with Crippen molar-refractivity contribution in [2.24, 2.45) is 5.73 Å². The third kappa shape index (κ3) is 2.61. The number of rotatable bonds is 3. The molecule has 1 aromatic carbocycles. The minimum atomic E-state index is -0.663. The second kappa shape index (κ2) is 5.07. The predicted octanol–water partition coefficient (Wildman–Crippen LogP) is 2.13. The van der Waals surface area contributed by atoms with Crippen LogP contribution in [0.25, 0.3) is 0 Å². The summed E-state index contributed by atoms with van der Waals surface area (Å²) in [5, 5.41) is 20.0. The number of phenolic OH excluding ortho intramolecular Hbond substituents is 1. The highest BCUT2D eigenvalue weighted by Crippen LogP contribution is 2.39. The zero-order valence-corrected chi connectivity index (χ0v) is 10.1. The van der Waals surface area contributed by atoms with E-state index in [4.69, 9.17) is 5.73 Å². The standard InChI is InChI=1S/C14H21NO2/c15-10-13(11-4-6-12(16)7-5-11)14(17)8-2-1-3-9-14/h4-7,13,16-17H,1-3,8-10,15H2/t13-/m1/s1. The van der Waals surface area contributed by atoms with Crippen LogP contribution in [-0.2, 0) is 0 Å². The number of benzene rings is 1. The fourth-order valence-corrected chi connectivity index (χ4v) is 2.88. The molecule has 2 rings (SSSR count). The minimum absolute atomic E-state index is 0.0246. The molecule has 0 unspecified atom stereocenters. The van der Waals surface area contributed by atoms with Crippen molar-refractivity contribution in [1.82, 2.24) is 0 Å². The zero-order valence-electron chi connectivity index (χ0n) is 10.1. The van der Waals surface area contributed by atoms with E-state index in [1.54, 1.807) is 12.1 Å². The summed E-state index contributed by atoms with van der Waals surface area (Å²) in [6, 6.07) is 7.03. The summed E-state index contributed by atoms with van der Waals surface area (Å²) in [6.45, 7) is 0.446. The first-order valence-electron chi connectivity index (χ1n) is 6.37. The Balaban J connectivity index is 2.22. The van der Waals surface area contributed by atoms with Crippen LogP contribution in [0, 0.1) is 0 Å². The van der Waals surface area contributed by atoms with Crippen molar-refractivity contribution in [3.8, 4) is 5.75 Å². The van der Waals surface area contributed by atoms with E-state index in [1.807, 2.05) is 12.1 Å². The molecule has 0 spiro atoms. The van der Waals surface area contributed by atoms with Crippen molar-refractivity contribution in [3.63, 3.8) is 0 Å².